The third-order valence-corrected chi connectivity index (χ3v) is 5.40. The number of carbonyl (C=O) groups excluding carboxylic acids is 2. The number of carbonyl (C=O) groups is 2. The molecule has 4 rings (SSSR count). The Morgan fingerprint density at radius 2 is 2.22 bits per heavy atom. The van der Waals surface area contributed by atoms with Crippen molar-refractivity contribution in [2.24, 2.45) is 0 Å². The Morgan fingerprint density at radius 3 is 2.96 bits per heavy atom. The first-order chi connectivity index (χ1) is 13.0. The van der Waals surface area contributed by atoms with Gasteiger partial charge in [-0.2, -0.15) is 0 Å². The Labute approximate surface area is 157 Å². The predicted octanol–water partition coefficient (Wildman–Crippen LogP) is 3.13. The summed E-state index contributed by atoms with van der Waals surface area (Å²) in [5.74, 6) is 0.142. The van der Waals surface area contributed by atoms with Crippen LogP contribution in [0, 0.1) is 0 Å². The number of methoxy groups -OCH3 is 1. The van der Waals surface area contributed by atoms with Crippen LogP contribution in [0.3, 0.4) is 0 Å². The van der Waals surface area contributed by atoms with Gasteiger partial charge in [0.05, 0.1) is 36.2 Å². The van der Waals surface area contributed by atoms with Gasteiger partial charge in [-0.15, -0.1) is 0 Å². The van der Waals surface area contributed by atoms with Gasteiger partial charge in [-0.1, -0.05) is 6.92 Å². The van der Waals surface area contributed by atoms with Gasteiger partial charge < -0.3 is 14.4 Å². The predicted molar refractivity (Wildman–Crippen MR) is 98.3 cm³/mol. The van der Waals surface area contributed by atoms with E-state index < -0.39 is 5.97 Å². The second kappa shape index (κ2) is 6.72. The molecule has 1 unspecified atom stereocenters. The zero-order chi connectivity index (χ0) is 19.1. The second-order valence-electron chi connectivity index (χ2n) is 7.01. The number of benzene rings is 1. The Hall–Kier alpha value is -2.83. The Bertz CT molecular complexity index is 905. The smallest absolute Gasteiger partial charge is 0.359 e. The van der Waals surface area contributed by atoms with Gasteiger partial charge in [-0.25, -0.2) is 9.78 Å². The minimum Gasteiger partial charge on any atom is -0.497 e. The van der Waals surface area contributed by atoms with Gasteiger partial charge in [-0.3, -0.25) is 9.36 Å². The molecule has 7 heteroatoms. The van der Waals surface area contributed by atoms with Gasteiger partial charge in [0.1, 0.15) is 12.1 Å². The van der Waals surface area contributed by atoms with Crippen LogP contribution < -0.4 is 4.74 Å². The largest absolute Gasteiger partial charge is 0.497 e. The van der Waals surface area contributed by atoms with E-state index >= 15 is 0 Å². The van der Waals surface area contributed by atoms with Gasteiger partial charge >= 0.3 is 5.97 Å². The fourth-order valence-electron chi connectivity index (χ4n) is 3.82. The number of hydrogen-bond acceptors (Lipinski definition) is 5. The van der Waals surface area contributed by atoms with E-state index in [1.807, 2.05) is 35.4 Å². The number of esters is 1. The summed E-state index contributed by atoms with van der Waals surface area (Å²) in [6, 6.07) is 5.21. The van der Waals surface area contributed by atoms with E-state index in [9.17, 15) is 9.59 Å². The van der Waals surface area contributed by atoms with Crippen molar-refractivity contribution in [1.82, 2.24) is 14.5 Å². The van der Waals surface area contributed by atoms with Crippen molar-refractivity contribution in [3.63, 3.8) is 0 Å². The van der Waals surface area contributed by atoms with E-state index in [-0.39, 0.29) is 18.1 Å². The second-order valence-corrected chi connectivity index (χ2v) is 7.01. The highest BCUT2D eigenvalue weighted by atomic mass is 16.5. The highest BCUT2D eigenvalue weighted by Gasteiger charge is 2.40. The molecule has 27 heavy (non-hydrogen) atoms. The lowest BCUT2D eigenvalue weighted by Crippen LogP contribution is -2.30. The minimum atomic E-state index is -0.436. The molecule has 1 fully saturated rings. The molecule has 2 aromatic rings. The average Bonchev–Trinajstić information content (AvgIpc) is 3.31. The van der Waals surface area contributed by atoms with Crippen molar-refractivity contribution in [3.05, 3.63) is 41.5 Å². The molecule has 1 aromatic heterocycles. The summed E-state index contributed by atoms with van der Waals surface area (Å²) >= 11 is 0. The minimum absolute atomic E-state index is 0.0451. The van der Waals surface area contributed by atoms with Crippen LogP contribution in [-0.4, -0.2) is 46.1 Å². The number of fused-ring (bicyclic) bond motifs is 5. The molecule has 0 bridgehead atoms. The Morgan fingerprint density at radius 1 is 1.41 bits per heavy atom. The van der Waals surface area contributed by atoms with Crippen molar-refractivity contribution in [2.45, 2.75) is 45.3 Å². The van der Waals surface area contributed by atoms with Crippen molar-refractivity contribution in [2.75, 3.05) is 13.7 Å². The normalized spacial score (nSPS) is 19.0. The topological polar surface area (TPSA) is 73.7 Å². The maximum absolute atomic E-state index is 13.2. The van der Waals surface area contributed by atoms with Crippen molar-refractivity contribution in [3.8, 4) is 11.4 Å². The molecule has 2 aliphatic rings. The molecule has 1 aromatic carbocycles. The monoisotopic (exact) mass is 369 g/mol. The van der Waals surface area contributed by atoms with Gasteiger partial charge in [0.2, 0.25) is 0 Å². The molecule has 3 heterocycles. The molecule has 0 N–H and O–H groups in total. The Kier molecular flexibility index (Phi) is 4.37. The molecule has 0 radical (unpaired) electrons. The number of hydrogen-bond donors (Lipinski definition) is 0. The first-order valence-corrected chi connectivity index (χ1v) is 9.32. The van der Waals surface area contributed by atoms with Crippen LogP contribution in [0.15, 0.2) is 24.5 Å². The summed E-state index contributed by atoms with van der Waals surface area (Å²) < 4.78 is 12.7. The van der Waals surface area contributed by atoms with Gasteiger partial charge in [0.15, 0.2) is 5.69 Å². The van der Waals surface area contributed by atoms with Crippen LogP contribution in [0.5, 0.6) is 5.75 Å². The lowest BCUT2D eigenvalue weighted by Gasteiger charge is -2.23. The third-order valence-electron chi connectivity index (χ3n) is 5.40. The highest BCUT2D eigenvalue weighted by Crippen LogP contribution is 2.40. The van der Waals surface area contributed by atoms with Crippen molar-refractivity contribution < 1.29 is 19.1 Å². The standard InChI is InChI=1S/C20H23N3O4/c1-4-12(2)27-20(25)17-18-16-6-5-9-22(16)19(24)14-10-13(26-3)7-8-15(14)23(18)11-21-17/h7-8,10-12,16H,4-6,9H2,1-3H3/t12?,16-/m0/s1. The molecule has 2 aliphatic heterocycles. The lowest BCUT2D eigenvalue weighted by molar-refractivity contribution is 0.0323. The molecule has 2 atom stereocenters. The van der Waals surface area contributed by atoms with E-state index in [1.165, 1.54) is 0 Å². The number of imidazole rings is 1. The first kappa shape index (κ1) is 17.6. The summed E-state index contributed by atoms with van der Waals surface area (Å²) in [4.78, 5) is 32.1. The zero-order valence-electron chi connectivity index (χ0n) is 15.8. The van der Waals surface area contributed by atoms with E-state index in [0.29, 0.717) is 29.2 Å². The summed E-state index contributed by atoms with van der Waals surface area (Å²) in [6.07, 6.45) is 3.85. The molecule has 0 aliphatic carbocycles. The maximum Gasteiger partial charge on any atom is 0.359 e. The molecule has 1 saturated heterocycles. The van der Waals surface area contributed by atoms with Crippen LogP contribution in [-0.2, 0) is 4.74 Å². The quantitative estimate of drug-likeness (QED) is 0.774. The average molecular weight is 369 g/mol. The van der Waals surface area contributed by atoms with E-state index in [4.69, 9.17) is 9.47 Å². The van der Waals surface area contributed by atoms with Crippen LogP contribution in [0.1, 0.15) is 65.7 Å². The fourth-order valence-corrected chi connectivity index (χ4v) is 3.82. The maximum atomic E-state index is 13.2. The van der Waals surface area contributed by atoms with Crippen LogP contribution in [0.4, 0.5) is 0 Å². The SMILES string of the molecule is CCC(C)OC(=O)c1ncn2c1[C@@H]1CCCN1C(=O)c1cc(OC)ccc1-2. The molecule has 1 amide bonds. The number of rotatable bonds is 4. The summed E-state index contributed by atoms with van der Waals surface area (Å²) in [7, 11) is 1.58. The highest BCUT2D eigenvalue weighted by molar-refractivity contribution is 6.00. The molecule has 142 valence electrons. The van der Waals surface area contributed by atoms with Gasteiger partial charge in [0, 0.05) is 6.54 Å². The van der Waals surface area contributed by atoms with Gasteiger partial charge in [-0.05, 0) is 44.4 Å². The fraction of sp³-hybridized carbons (Fsp3) is 0.450. The molecule has 0 spiro atoms. The molecule has 0 saturated carbocycles. The molecular weight excluding hydrogens is 346 g/mol. The number of ether oxygens (including phenoxy) is 2. The zero-order valence-corrected chi connectivity index (χ0v) is 15.8. The lowest BCUT2D eigenvalue weighted by atomic mass is 10.1. The molecular formula is C20H23N3O4. The van der Waals surface area contributed by atoms with Crippen LogP contribution >= 0.6 is 0 Å². The summed E-state index contributed by atoms with van der Waals surface area (Å²) in [6.45, 7) is 4.48. The first-order valence-electron chi connectivity index (χ1n) is 9.32. The van der Waals surface area contributed by atoms with E-state index in [2.05, 4.69) is 4.98 Å². The number of nitrogens with zero attached hydrogens (tertiary/aromatic N) is 3. The third kappa shape index (κ3) is 2.78. The van der Waals surface area contributed by atoms with Crippen molar-refractivity contribution in [1.29, 1.82) is 0 Å². The summed E-state index contributed by atoms with van der Waals surface area (Å²) in [5.41, 5.74) is 2.29. The van der Waals surface area contributed by atoms with Crippen LogP contribution in [0.2, 0.25) is 0 Å². The Balaban J connectivity index is 1.87. The van der Waals surface area contributed by atoms with Crippen molar-refractivity contribution >= 4 is 11.9 Å². The van der Waals surface area contributed by atoms with E-state index in [0.717, 1.165) is 25.0 Å². The van der Waals surface area contributed by atoms with Gasteiger partial charge in [0.25, 0.3) is 5.91 Å². The number of amides is 1. The molecule has 7 nitrogen and oxygen atoms in total. The van der Waals surface area contributed by atoms with E-state index in [1.54, 1.807) is 19.5 Å². The van der Waals surface area contributed by atoms with Crippen LogP contribution in [0.25, 0.3) is 5.69 Å². The number of aromatic nitrogens is 2. The summed E-state index contributed by atoms with van der Waals surface area (Å²) in [5, 5.41) is 0.